The number of anilines is 4. The summed E-state index contributed by atoms with van der Waals surface area (Å²) in [5.41, 5.74) is 5.82. The van der Waals surface area contributed by atoms with Gasteiger partial charge in [0.1, 0.15) is 5.82 Å². The third-order valence-corrected chi connectivity index (χ3v) is 16.5. The summed E-state index contributed by atoms with van der Waals surface area (Å²) in [5.74, 6) is 0.872. The summed E-state index contributed by atoms with van der Waals surface area (Å²) in [6.45, 7) is 15.8. The summed E-state index contributed by atoms with van der Waals surface area (Å²) in [6, 6.07) is 11.9. The third-order valence-electron chi connectivity index (χ3n) is 15.6. The molecule has 354 valence electrons. The number of nitrogens with zero attached hydrogens (tertiary/aromatic N) is 8. The van der Waals surface area contributed by atoms with Crippen LogP contribution in [0.15, 0.2) is 42.6 Å². The summed E-state index contributed by atoms with van der Waals surface area (Å²) in [7, 11) is 2.26. The van der Waals surface area contributed by atoms with Crippen molar-refractivity contribution in [2.75, 3.05) is 43.5 Å². The Morgan fingerprint density at radius 1 is 0.864 bits per heavy atom. The van der Waals surface area contributed by atoms with E-state index in [1.54, 1.807) is 11.3 Å². The number of carboxylic acid groups (broad SMARTS) is 1. The molecule has 1 aliphatic heterocycles. The molecular formula is C53H73N9O3S. The minimum absolute atomic E-state index is 0.0152. The first-order valence-electron chi connectivity index (χ1n) is 25.1. The van der Waals surface area contributed by atoms with Crippen LogP contribution in [-0.4, -0.2) is 84.8 Å². The van der Waals surface area contributed by atoms with Gasteiger partial charge in [0.2, 0.25) is 0 Å². The van der Waals surface area contributed by atoms with Crippen LogP contribution in [0.4, 0.5) is 22.6 Å². The lowest BCUT2D eigenvalue weighted by atomic mass is 9.39. The maximum absolute atomic E-state index is 13.0. The molecule has 4 aromatic heterocycles. The van der Waals surface area contributed by atoms with E-state index in [0.717, 1.165) is 96.1 Å². The SMILES string of the molecule is CCCCCCCCCCCCN(C)CCOC12CC3(C)CC(C)(CC(Cn4ncc(-c5ccc(N6CCCc7c6nnc(Nc6nc8ccccc8s6)c7C)nc5C(=O)O)c4C)(C3)C1)C2. The number of nitrogens with one attached hydrogen (secondary N) is 1. The number of likely N-dealkylation sites (N-methyl/N-ethyl adjacent to an activating group) is 1. The van der Waals surface area contributed by atoms with Gasteiger partial charge in [-0.3, -0.25) is 4.68 Å². The molecule has 4 aliphatic carbocycles. The number of rotatable bonds is 22. The Kier molecular flexibility index (Phi) is 13.6. The van der Waals surface area contributed by atoms with E-state index in [1.807, 2.05) is 41.4 Å². The van der Waals surface area contributed by atoms with Gasteiger partial charge in [-0.1, -0.05) is 102 Å². The van der Waals surface area contributed by atoms with Crippen molar-refractivity contribution in [2.24, 2.45) is 16.2 Å². The minimum atomic E-state index is -1.07. The predicted octanol–water partition coefficient (Wildman–Crippen LogP) is 12.5. The maximum atomic E-state index is 13.0. The molecule has 13 heteroatoms. The quantitative estimate of drug-likeness (QED) is 0.0643. The fourth-order valence-corrected chi connectivity index (χ4v) is 14.5. The van der Waals surface area contributed by atoms with E-state index in [9.17, 15) is 9.90 Å². The van der Waals surface area contributed by atoms with E-state index in [0.29, 0.717) is 29.6 Å². The van der Waals surface area contributed by atoms with Crippen molar-refractivity contribution in [3.63, 3.8) is 0 Å². The van der Waals surface area contributed by atoms with Gasteiger partial charge in [-0.25, -0.2) is 14.8 Å². The van der Waals surface area contributed by atoms with Gasteiger partial charge in [0.25, 0.3) is 0 Å². The summed E-state index contributed by atoms with van der Waals surface area (Å²) in [4.78, 5) is 27.1. The standard InChI is InChI=1S/C53H73N9O3S/c1-7-8-9-10-11-12-13-14-15-18-25-60(6)27-28-65-53-33-50(4)30-51(5,34-53)32-52(31-50,35-53)36-62-38(3)41(29-54-62)40-23-24-44(56-45(40)48(63)64)61-26-19-20-39-37(2)46(58-59-47(39)61)57-49-55-42-21-16-17-22-43(42)66-49/h16-17,21-24,29H,7-15,18-20,25-28,30-36H2,1-6H3,(H,63,64)(H,55,57,58). The zero-order valence-electron chi connectivity index (χ0n) is 40.6. The van der Waals surface area contributed by atoms with Crippen LogP contribution in [0.1, 0.15) is 157 Å². The number of carbonyl (C=O) groups is 1. The molecule has 2 N–H and O–H groups in total. The monoisotopic (exact) mass is 916 g/mol. The van der Waals surface area contributed by atoms with Gasteiger partial charge in [0.05, 0.1) is 28.6 Å². The van der Waals surface area contributed by atoms with Crippen LogP contribution >= 0.6 is 11.3 Å². The van der Waals surface area contributed by atoms with E-state index < -0.39 is 5.97 Å². The van der Waals surface area contributed by atoms with Crippen LogP contribution in [0.2, 0.25) is 0 Å². The predicted molar refractivity (Wildman–Crippen MR) is 267 cm³/mol. The topological polar surface area (TPSA) is 134 Å². The van der Waals surface area contributed by atoms with Crippen LogP contribution in [0, 0.1) is 30.1 Å². The van der Waals surface area contributed by atoms with Crippen molar-refractivity contribution < 1.29 is 14.6 Å². The number of benzene rings is 1. The van der Waals surface area contributed by atoms with Gasteiger partial charge in [-0.05, 0) is 126 Å². The van der Waals surface area contributed by atoms with Crippen LogP contribution in [0.25, 0.3) is 21.3 Å². The summed E-state index contributed by atoms with van der Waals surface area (Å²) in [6.07, 6.45) is 24.1. The van der Waals surface area contributed by atoms with Crippen molar-refractivity contribution in [3.8, 4) is 11.1 Å². The van der Waals surface area contributed by atoms with Gasteiger partial charge in [0.15, 0.2) is 22.5 Å². The number of hydrogen-bond acceptors (Lipinski definition) is 11. The van der Waals surface area contributed by atoms with Crippen molar-refractivity contribution >= 4 is 50.1 Å². The minimum Gasteiger partial charge on any atom is -0.476 e. The van der Waals surface area contributed by atoms with Gasteiger partial charge in [-0.2, -0.15) is 5.10 Å². The molecule has 12 nitrogen and oxygen atoms in total. The summed E-state index contributed by atoms with van der Waals surface area (Å²) in [5, 5.41) is 29.1. The molecular weight excluding hydrogens is 843 g/mol. The van der Waals surface area contributed by atoms with E-state index >= 15 is 0 Å². The molecule has 1 aromatic carbocycles. The molecule has 2 atom stereocenters. The molecule has 5 aromatic rings. The normalized spacial score (nSPS) is 24.4. The zero-order chi connectivity index (χ0) is 46.1. The number of thiazole rings is 1. The number of aromatic nitrogens is 6. The highest BCUT2D eigenvalue weighted by atomic mass is 32.1. The van der Waals surface area contributed by atoms with Gasteiger partial charge in [-0.15, -0.1) is 10.2 Å². The Hall–Kier alpha value is -4.46. The molecule has 4 bridgehead atoms. The third kappa shape index (κ3) is 9.90. The first-order valence-corrected chi connectivity index (χ1v) is 26.0. The van der Waals surface area contributed by atoms with Crippen molar-refractivity contribution in [1.82, 2.24) is 34.8 Å². The second kappa shape index (κ2) is 19.3. The lowest BCUT2D eigenvalue weighted by Gasteiger charge is -2.69. The number of pyridine rings is 1. The Bertz CT molecular complexity index is 2470. The number of ether oxygens (including phenoxy) is 1. The smallest absolute Gasteiger partial charge is 0.355 e. The van der Waals surface area contributed by atoms with Crippen molar-refractivity contribution in [2.45, 2.75) is 162 Å². The van der Waals surface area contributed by atoms with E-state index in [-0.39, 0.29) is 27.5 Å². The molecule has 0 amide bonds. The number of carboxylic acids is 1. The molecule has 0 saturated heterocycles. The van der Waals surface area contributed by atoms with Crippen LogP contribution < -0.4 is 10.2 Å². The summed E-state index contributed by atoms with van der Waals surface area (Å²) < 4.78 is 10.4. The number of aromatic carboxylic acids is 1. The molecule has 5 aliphatic rings. The lowest BCUT2D eigenvalue weighted by Crippen LogP contribution is -2.64. The Balaban J connectivity index is 0.858. The highest BCUT2D eigenvalue weighted by Crippen LogP contribution is 2.72. The van der Waals surface area contributed by atoms with Crippen LogP contribution in [-0.2, 0) is 17.7 Å². The van der Waals surface area contributed by atoms with E-state index in [2.05, 4.69) is 67.7 Å². The lowest BCUT2D eigenvalue weighted by molar-refractivity contribution is -0.248. The Morgan fingerprint density at radius 2 is 1.59 bits per heavy atom. The van der Waals surface area contributed by atoms with Gasteiger partial charge in [0, 0.05) is 47.6 Å². The average molecular weight is 916 g/mol. The molecule has 5 heterocycles. The average Bonchev–Trinajstić information content (AvgIpc) is 3.85. The molecule has 0 radical (unpaired) electrons. The number of unbranched alkanes of at least 4 members (excludes halogenated alkanes) is 9. The Labute approximate surface area is 396 Å². The van der Waals surface area contributed by atoms with Crippen LogP contribution in [0.5, 0.6) is 0 Å². The molecule has 4 saturated carbocycles. The second-order valence-corrected chi connectivity index (χ2v) is 22.7. The number of hydrogen-bond donors (Lipinski definition) is 2. The first-order chi connectivity index (χ1) is 31.8. The van der Waals surface area contributed by atoms with Crippen LogP contribution in [0.3, 0.4) is 0 Å². The fraction of sp³-hybridized carbons (Fsp3) is 0.623. The second-order valence-electron chi connectivity index (χ2n) is 21.7. The molecule has 4 fully saturated rings. The van der Waals surface area contributed by atoms with Gasteiger partial charge < -0.3 is 25.0 Å². The summed E-state index contributed by atoms with van der Waals surface area (Å²) >= 11 is 1.58. The van der Waals surface area contributed by atoms with E-state index in [4.69, 9.17) is 24.9 Å². The van der Waals surface area contributed by atoms with E-state index in [1.165, 1.54) is 83.5 Å². The highest BCUT2D eigenvalue weighted by Gasteiger charge is 2.66. The number of fused-ring (bicyclic) bond motifs is 2. The first kappa shape index (κ1) is 46.6. The molecule has 10 rings (SSSR count). The molecule has 0 spiro atoms. The molecule has 2 unspecified atom stereocenters. The number of para-hydroxylation sites is 1. The molecule has 66 heavy (non-hydrogen) atoms. The maximum Gasteiger partial charge on any atom is 0.355 e. The fourth-order valence-electron chi connectivity index (χ4n) is 13.7. The Morgan fingerprint density at radius 3 is 2.32 bits per heavy atom. The zero-order valence-corrected chi connectivity index (χ0v) is 41.4. The largest absolute Gasteiger partial charge is 0.476 e. The van der Waals surface area contributed by atoms with Crippen molar-refractivity contribution in [3.05, 3.63) is 65.1 Å². The van der Waals surface area contributed by atoms with Crippen molar-refractivity contribution in [1.29, 1.82) is 0 Å². The highest BCUT2D eigenvalue weighted by molar-refractivity contribution is 7.22. The van der Waals surface area contributed by atoms with Gasteiger partial charge >= 0.3 is 5.97 Å².